The third-order valence-corrected chi connectivity index (χ3v) is 11.3. The van der Waals surface area contributed by atoms with E-state index in [0.717, 1.165) is 83.1 Å². The van der Waals surface area contributed by atoms with Crippen LogP contribution in [0.2, 0.25) is 0 Å². The maximum atomic E-state index is 6.60. The Morgan fingerprint density at radius 1 is 0.362 bits per heavy atom. The minimum Gasteiger partial charge on any atom is -0.456 e. The molecule has 0 spiro atoms. The Morgan fingerprint density at radius 3 is 1.86 bits per heavy atom. The third-order valence-electron chi connectivity index (χ3n) is 11.3. The van der Waals surface area contributed by atoms with Gasteiger partial charge in [-0.3, -0.25) is 0 Å². The Labute approximate surface area is 332 Å². The first-order valence-corrected chi connectivity index (χ1v) is 19.4. The molecule has 0 saturated carbocycles. The van der Waals surface area contributed by atoms with Gasteiger partial charge in [0.25, 0.3) is 0 Å². The second-order valence-corrected chi connectivity index (χ2v) is 14.7. The molecule has 0 amide bonds. The molecule has 58 heavy (non-hydrogen) atoms. The molecule has 3 heterocycles. The summed E-state index contributed by atoms with van der Waals surface area (Å²) < 4.78 is 19.1. The van der Waals surface area contributed by atoms with Gasteiger partial charge in [-0.25, -0.2) is 4.98 Å². The van der Waals surface area contributed by atoms with E-state index in [1.54, 1.807) is 0 Å². The number of oxazole rings is 1. The van der Waals surface area contributed by atoms with Crippen molar-refractivity contribution in [3.8, 4) is 33.7 Å². The van der Waals surface area contributed by atoms with E-state index < -0.39 is 0 Å². The summed E-state index contributed by atoms with van der Waals surface area (Å²) in [6, 6.07) is 67.7. The van der Waals surface area contributed by atoms with Crippen LogP contribution in [0, 0.1) is 0 Å². The Kier molecular flexibility index (Phi) is 7.16. The third kappa shape index (κ3) is 5.21. The summed E-state index contributed by atoms with van der Waals surface area (Å²) in [5, 5.41) is 6.69. The molecular weight excluding hydrogens is 713 g/mol. The zero-order valence-corrected chi connectivity index (χ0v) is 31.1. The highest BCUT2D eigenvalue weighted by Crippen LogP contribution is 2.44. The largest absolute Gasteiger partial charge is 0.456 e. The molecule has 0 aliphatic rings. The van der Waals surface area contributed by atoms with Crippen LogP contribution >= 0.6 is 0 Å². The molecule has 0 unspecified atom stereocenters. The second-order valence-electron chi connectivity index (χ2n) is 14.7. The molecule has 5 nitrogen and oxygen atoms in total. The summed E-state index contributed by atoms with van der Waals surface area (Å²) in [6.45, 7) is 0. The molecule has 0 N–H and O–H groups in total. The van der Waals surface area contributed by atoms with Gasteiger partial charge in [-0.15, -0.1) is 0 Å². The fourth-order valence-electron chi connectivity index (χ4n) is 8.49. The van der Waals surface area contributed by atoms with Gasteiger partial charge in [0.1, 0.15) is 22.3 Å². The van der Waals surface area contributed by atoms with Crippen LogP contribution in [-0.4, -0.2) is 4.98 Å². The summed E-state index contributed by atoms with van der Waals surface area (Å²) >= 11 is 0. The Bertz CT molecular complexity index is 3500. The summed E-state index contributed by atoms with van der Waals surface area (Å²) in [6.07, 6.45) is 0. The van der Waals surface area contributed by atoms with Crippen LogP contribution in [0.3, 0.4) is 0 Å². The van der Waals surface area contributed by atoms with Gasteiger partial charge in [0.2, 0.25) is 5.89 Å². The fraction of sp³-hybridized carbons (Fsp3) is 0. The highest BCUT2D eigenvalue weighted by molar-refractivity contribution is 6.11. The van der Waals surface area contributed by atoms with Crippen molar-refractivity contribution in [2.45, 2.75) is 0 Å². The molecule has 0 saturated heterocycles. The lowest BCUT2D eigenvalue weighted by molar-refractivity contribution is 0.617. The van der Waals surface area contributed by atoms with E-state index in [1.807, 2.05) is 48.5 Å². The molecule has 0 fully saturated rings. The van der Waals surface area contributed by atoms with E-state index in [4.69, 9.17) is 18.2 Å². The Hall–Kier alpha value is -7.89. The number of nitrogens with zero attached hydrogens (tertiary/aromatic N) is 2. The number of fused-ring (bicyclic) bond motifs is 8. The van der Waals surface area contributed by atoms with Crippen molar-refractivity contribution >= 4 is 82.8 Å². The average molecular weight is 745 g/mol. The Balaban J connectivity index is 0.951. The molecule has 0 aliphatic heterocycles. The van der Waals surface area contributed by atoms with E-state index >= 15 is 0 Å². The summed E-state index contributed by atoms with van der Waals surface area (Å²) in [5.74, 6) is 0.597. The van der Waals surface area contributed by atoms with Crippen LogP contribution in [0.4, 0.5) is 17.1 Å². The maximum absolute atomic E-state index is 6.60. The lowest BCUT2D eigenvalue weighted by atomic mass is 9.98. The number of benzene rings is 9. The second kappa shape index (κ2) is 12.8. The molecule has 0 bridgehead atoms. The molecule has 0 aliphatic carbocycles. The van der Waals surface area contributed by atoms with Crippen molar-refractivity contribution in [1.82, 2.24) is 4.98 Å². The molecule has 12 aromatic rings. The number of hydrogen-bond acceptors (Lipinski definition) is 5. The molecule has 9 aromatic carbocycles. The van der Waals surface area contributed by atoms with Gasteiger partial charge < -0.3 is 18.2 Å². The van der Waals surface area contributed by atoms with Gasteiger partial charge >= 0.3 is 0 Å². The summed E-state index contributed by atoms with van der Waals surface area (Å²) in [7, 11) is 0. The number of anilines is 3. The predicted octanol–water partition coefficient (Wildman–Crippen LogP) is 15.3. The lowest BCUT2D eigenvalue weighted by Crippen LogP contribution is -2.10. The van der Waals surface area contributed by atoms with Gasteiger partial charge in [-0.2, -0.15) is 0 Å². The fourth-order valence-corrected chi connectivity index (χ4v) is 8.49. The van der Waals surface area contributed by atoms with Gasteiger partial charge in [-0.05, 0) is 99.8 Å². The van der Waals surface area contributed by atoms with E-state index in [-0.39, 0.29) is 0 Å². The smallest absolute Gasteiger partial charge is 0.227 e. The minimum absolute atomic E-state index is 0.597. The number of rotatable bonds is 6. The van der Waals surface area contributed by atoms with Crippen LogP contribution < -0.4 is 4.90 Å². The van der Waals surface area contributed by atoms with E-state index in [1.165, 1.54) is 21.9 Å². The van der Waals surface area contributed by atoms with Gasteiger partial charge in [0.05, 0.1) is 5.69 Å². The first-order valence-electron chi connectivity index (χ1n) is 19.4. The maximum Gasteiger partial charge on any atom is 0.227 e. The van der Waals surface area contributed by atoms with Crippen LogP contribution in [0.5, 0.6) is 0 Å². The molecular formula is C53H32N2O3. The van der Waals surface area contributed by atoms with Crippen molar-refractivity contribution in [3.63, 3.8) is 0 Å². The zero-order valence-electron chi connectivity index (χ0n) is 31.1. The summed E-state index contributed by atoms with van der Waals surface area (Å²) in [4.78, 5) is 7.11. The van der Waals surface area contributed by atoms with E-state index in [2.05, 4.69) is 150 Å². The average Bonchev–Trinajstić information content (AvgIpc) is 3.99. The first kappa shape index (κ1) is 32.4. The Morgan fingerprint density at radius 2 is 1.02 bits per heavy atom. The highest BCUT2D eigenvalue weighted by Gasteiger charge is 2.20. The number of hydrogen-bond donors (Lipinski definition) is 0. The topological polar surface area (TPSA) is 55.6 Å². The van der Waals surface area contributed by atoms with Crippen molar-refractivity contribution in [1.29, 1.82) is 0 Å². The molecule has 3 aromatic heterocycles. The summed E-state index contributed by atoms with van der Waals surface area (Å²) in [5.41, 5.74) is 13.4. The molecule has 12 rings (SSSR count). The minimum atomic E-state index is 0.597. The lowest BCUT2D eigenvalue weighted by Gasteiger charge is -2.26. The van der Waals surface area contributed by atoms with E-state index in [0.29, 0.717) is 11.5 Å². The highest BCUT2D eigenvalue weighted by atomic mass is 16.4. The monoisotopic (exact) mass is 744 g/mol. The first-order chi connectivity index (χ1) is 28.7. The molecule has 0 atom stereocenters. The number of furan rings is 2. The van der Waals surface area contributed by atoms with Crippen LogP contribution in [-0.2, 0) is 0 Å². The van der Waals surface area contributed by atoms with Gasteiger partial charge in [-0.1, -0.05) is 121 Å². The van der Waals surface area contributed by atoms with Crippen molar-refractivity contribution in [2.24, 2.45) is 0 Å². The normalized spacial score (nSPS) is 11.8. The molecule has 272 valence electrons. The van der Waals surface area contributed by atoms with Crippen molar-refractivity contribution in [2.75, 3.05) is 4.90 Å². The van der Waals surface area contributed by atoms with Crippen LogP contribution in [0.25, 0.3) is 99.5 Å². The standard InChI is InChI=1S/C53H32N2O3/c1-2-11-36(12-3-1)53-54-46-31-45-44-30-37(24-29-49(44)56-50(45)32-51(46)58-53)33-20-25-38(26-21-33)55(47-18-9-17-43-42-15-6-7-19-48(42)57-52(43)47)39-27-22-35(23-28-39)41-16-8-13-34-10-4-5-14-40(34)41/h1-32H. The number of para-hydroxylation sites is 2. The number of aromatic nitrogens is 1. The van der Waals surface area contributed by atoms with Crippen molar-refractivity contribution in [3.05, 3.63) is 194 Å². The van der Waals surface area contributed by atoms with Gasteiger partial charge in [0.15, 0.2) is 11.2 Å². The quantitative estimate of drug-likeness (QED) is 0.170. The van der Waals surface area contributed by atoms with E-state index in [9.17, 15) is 0 Å². The van der Waals surface area contributed by atoms with Crippen LogP contribution in [0.15, 0.2) is 207 Å². The van der Waals surface area contributed by atoms with Crippen molar-refractivity contribution < 1.29 is 13.3 Å². The predicted molar refractivity (Wildman–Crippen MR) is 237 cm³/mol. The SMILES string of the molecule is c1ccc(-c2nc3cc4c(cc3o2)oc2ccc(-c3ccc(N(c5ccc(-c6cccc7ccccc67)cc5)c5cccc6c5oc5ccccc56)cc3)cc24)cc1. The molecule has 5 heteroatoms. The zero-order chi connectivity index (χ0) is 38.2. The van der Waals surface area contributed by atoms with Crippen LogP contribution in [0.1, 0.15) is 0 Å². The van der Waals surface area contributed by atoms with Gasteiger partial charge in [0, 0.05) is 44.5 Å². The molecule has 0 radical (unpaired) electrons.